The number of hydrogen-bond donors (Lipinski definition) is 1. The highest BCUT2D eigenvalue weighted by molar-refractivity contribution is 7.99. The van der Waals surface area contributed by atoms with Crippen molar-refractivity contribution >= 4 is 23.6 Å². The van der Waals surface area contributed by atoms with Crippen LogP contribution in [0, 0.1) is 0 Å². The maximum absolute atomic E-state index is 12.4. The van der Waals surface area contributed by atoms with Crippen molar-refractivity contribution in [3.63, 3.8) is 0 Å². The fraction of sp³-hybridized carbons (Fsp3) is 0.391. The molecule has 1 aliphatic carbocycles. The van der Waals surface area contributed by atoms with Crippen LogP contribution in [0.25, 0.3) is 11.1 Å². The highest BCUT2D eigenvalue weighted by Crippen LogP contribution is 2.44. The zero-order chi connectivity index (χ0) is 20.1. The highest BCUT2D eigenvalue weighted by atomic mass is 32.2. The van der Waals surface area contributed by atoms with Crippen molar-refractivity contribution < 1.29 is 14.3 Å². The average Bonchev–Trinajstić information content (AvgIpc) is 3.03. The number of ether oxygens (including phenoxy) is 1. The van der Waals surface area contributed by atoms with Crippen molar-refractivity contribution in [2.45, 2.75) is 44.4 Å². The molecule has 0 saturated heterocycles. The van der Waals surface area contributed by atoms with Crippen LogP contribution in [-0.4, -0.2) is 35.5 Å². The lowest BCUT2D eigenvalue weighted by molar-refractivity contribution is -0.118. The summed E-state index contributed by atoms with van der Waals surface area (Å²) in [6.45, 7) is 5.99. The van der Waals surface area contributed by atoms with E-state index in [2.05, 4.69) is 43.4 Å². The van der Waals surface area contributed by atoms with Crippen molar-refractivity contribution in [1.82, 2.24) is 5.32 Å². The van der Waals surface area contributed by atoms with Crippen molar-refractivity contribution in [3.05, 3.63) is 59.7 Å². The maximum Gasteiger partial charge on any atom is 0.407 e. The van der Waals surface area contributed by atoms with Crippen LogP contribution in [-0.2, 0) is 9.53 Å². The predicted octanol–water partition coefficient (Wildman–Crippen LogP) is 5.01. The minimum atomic E-state index is -0.535. The molecule has 1 N–H and O–H groups in total. The van der Waals surface area contributed by atoms with Crippen LogP contribution in [0.3, 0.4) is 0 Å². The number of Topliss-reactive ketones (excluding diaryl/α,β-unsaturated/α-hetero) is 1. The van der Waals surface area contributed by atoms with Gasteiger partial charge in [-0.05, 0) is 35.6 Å². The van der Waals surface area contributed by atoms with E-state index in [0.29, 0.717) is 11.0 Å². The lowest BCUT2D eigenvalue weighted by Crippen LogP contribution is -2.42. The second-order valence-corrected chi connectivity index (χ2v) is 8.66. The van der Waals surface area contributed by atoms with Gasteiger partial charge in [0.2, 0.25) is 0 Å². The normalized spacial score (nSPS) is 14.7. The second-order valence-electron chi connectivity index (χ2n) is 7.19. The molecule has 0 aromatic heterocycles. The van der Waals surface area contributed by atoms with E-state index in [-0.39, 0.29) is 18.3 Å². The summed E-state index contributed by atoms with van der Waals surface area (Å²) in [5.41, 5.74) is 4.73. The number of ketones is 1. The Balaban J connectivity index is 1.63. The summed E-state index contributed by atoms with van der Waals surface area (Å²) in [7, 11) is 0. The summed E-state index contributed by atoms with van der Waals surface area (Å²) in [6, 6.07) is 15.9. The van der Waals surface area contributed by atoms with E-state index in [1.54, 1.807) is 11.8 Å². The molecule has 0 radical (unpaired) electrons. The summed E-state index contributed by atoms with van der Waals surface area (Å²) in [6.07, 6.45) is 0.493. The van der Waals surface area contributed by atoms with Crippen molar-refractivity contribution in [1.29, 1.82) is 0 Å². The fourth-order valence-corrected chi connectivity index (χ4v) is 4.50. The molecule has 2 unspecified atom stereocenters. The Bertz CT molecular complexity index is 806. The number of amides is 1. The lowest BCUT2D eigenvalue weighted by atomic mass is 9.98. The number of carbonyl (C=O) groups is 2. The summed E-state index contributed by atoms with van der Waals surface area (Å²) >= 11 is 1.69. The molecule has 1 aliphatic rings. The SMILES string of the molecule is CCC(C)SCC(NC(=O)OCC1c2ccccc2-c2ccccc21)C(C)=O. The smallest absolute Gasteiger partial charge is 0.407 e. The molecule has 28 heavy (non-hydrogen) atoms. The molecule has 0 fully saturated rings. The number of nitrogens with one attached hydrogen (secondary N) is 1. The van der Waals surface area contributed by atoms with Crippen LogP contribution >= 0.6 is 11.8 Å². The van der Waals surface area contributed by atoms with Gasteiger partial charge in [0, 0.05) is 16.9 Å². The van der Waals surface area contributed by atoms with E-state index in [0.717, 1.165) is 6.42 Å². The topological polar surface area (TPSA) is 55.4 Å². The molecule has 4 nitrogen and oxygen atoms in total. The molecule has 0 heterocycles. The van der Waals surface area contributed by atoms with Crippen LogP contribution < -0.4 is 5.32 Å². The Morgan fingerprint density at radius 3 is 2.18 bits per heavy atom. The van der Waals surface area contributed by atoms with Gasteiger partial charge in [0.15, 0.2) is 5.78 Å². The van der Waals surface area contributed by atoms with Gasteiger partial charge < -0.3 is 10.1 Å². The molecular weight excluding hydrogens is 370 g/mol. The molecule has 2 aromatic carbocycles. The monoisotopic (exact) mass is 397 g/mol. The Hall–Kier alpha value is -2.27. The van der Waals surface area contributed by atoms with Crippen molar-refractivity contribution in [3.8, 4) is 11.1 Å². The first kappa shape index (κ1) is 20.5. The number of hydrogen-bond acceptors (Lipinski definition) is 4. The van der Waals surface area contributed by atoms with Gasteiger partial charge in [-0.25, -0.2) is 4.79 Å². The summed E-state index contributed by atoms with van der Waals surface area (Å²) in [4.78, 5) is 24.2. The van der Waals surface area contributed by atoms with Gasteiger partial charge >= 0.3 is 6.09 Å². The summed E-state index contributed by atoms with van der Waals surface area (Å²) in [5, 5.41) is 3.19. The van der Waals surface area contributed by atoms with Crippen LogP contribution in [0.15, 0.2) is 48.5 Å². The van der Waals surface area contributed by atoms with E-state index in [9.17, 15) is 9.59 Å². The Morgan fingerprint density at radius 2 is 1.64 bits per heavy atom. The van der Waals surface area contributed by atoms with Crippen molar-refractivity contribution in [2.75, 3.05) is 12.4 Å². The molecule has 3 rings (SSSR count). The quantitative estimate of drug-likeness (QED) is 0.680. The van der Waals surface area contributed by atoms with Gasteiger partial charge in [-0.2, -0.15) is 11.8 Å². The maximum atomic E-state index is 12.4. The zero-order valence-electron chi connectivity index (χ0n) is 16.6. The van der Waals surface area contributed by atoms with Crippen LogP contribution in [0.4, 0.5) is 4.79 Å². The average molecular weight is 398 g/mol. The number of carbonyl (C=O) groups excluding carboxylic acids is 2. The molecule has 0 saturated carbocycles. The van der Waals surface area contributed by atoms with Gasteiger partial charge in [-0.15, -0.1) is 0 Å². The molecule has 0 bridgehead atoms. The molecule has 1 amide bonds. The largest absolute Gasteiger partial charge is 0.449 e. The predicted molar refractivity (Wildman–Crippen MR) is 115 cm³/mol. The molecule has 5 heteroatoms. The number of thioether (sulfide) groups is 1. The third-order valence-electron chi connectivity index (χ3n) is 5.25. The van der Waals surface area contributed by atoms with Gasteiger partial charge in [-0.3, -0.25) is 4.79 Å². The lowest BCUT2D eigenvalue weighted by Gasteiger charge is -2.19. The Labute approximate surface area is 171 Å². The van der Waals surface area contributed by atoms with Gasteiger partial charge in [-0.1, -0.05) is 62.4 Å². The van der Waals surface area contributed by atoms with E-state index in [1.807, 2.05) is 24.3 Å². The van der Waals surface area contributed by atoms with E-state index in [4.69, 9.17) is 4.74 Å². The third kappa shape index (κ3) is 4.58. The van der Waals surface area contributed by atoms with Gasteiger partial charge in [0.05, 0.1) is 6.04 Å². The first-order valence-corrected chi connectivity index (χ1v) is 10.8. The molecule has 2 aromatic rings. The van der Waals surface area contributed by atoms with Gasteiger partial charge in [0.1, 0.15) is 6.61 Å². The molecule has 0 spiro atoms. The second kappa shape index (κ2) is 9.28. The van der Waals surface area contributed by atoms with Crippen LogP contribution in [0.1, 0.15) is 44.2 Å². The molecule has 148 valence electrons. The number of alkyl carbamates (subject to hydrolysis) is 1. The minimum Gasteiger partial charge on any atom is -0.449 e. The number of fused-ring (bicyclic) bond motifs is 3. The Kier molecular flexibility index (Phi) is 6.79. The summed E-state index contributed by atoms with van der Waals surface area (Å²) < 4.78 is 5.54. The fourth-order valence-electron chi connectivity index (χ4n) is 3.42. The first-order valence-electron chi connectivity index (χ1n) is 9.74. The van der Waals surface area contributed by atoms with Crippen molar-refractivity contribution in [2.24, 2.45) is 0 Å². The molecule has 0 aliphatic heterocycles. The van der Waals surface area contributed by atoms with E-state index < -0.39 is 12.1 Å². The zero-order valence-corrected chi connectivity index (χ0v) is 17.4. The molecular formula is C23H27NO3S. The summed E-state index contributed by atoms with van der Waals surface area (Å²) in [5.74, 6) is 0.530. The standard InChI is InChI=1S/C23H27NO3S/c1-4-15(2)28-14-22(16(3)25)24-23(26)27-13-21-19-11-7-5-9-17(19)18-10-6-8-12-20(18)21/h5-12,15,21-22H,4,13-14H2,1-3H3,(H,24,26). The Morgan fingerprint density at radius 1 is 1.07 bits per heavy atom. The van der Waals surface area contributed by atoms with E-state index >= 15 is 0 Å². The number of benzene rings is 2. The number of rotatable bonds is 8. The van der Waals surface area contributed by atoms with Crippen LogP contribution in [0.2, 0.25) is 0 Å². The van der Waals surface area contributed by atoms with Gasteiger partial charge in [0.25, 0.3) is 0 Å². The van der Waals surface area contributed by atoms with Crippen LogP contribution in [0.5, 0.6) is 0 Å². The van der Waals surface area contributed by atoms with E-state index in [1.165, 1.54) is 29.2 Å². The molecule has 2 atom stereocenters. The minimum absolute atomic E-state index is 0.0171. The highest BCUT2D eigenvalue weighted by Gasteiger charge is 2.29. The first-order chi connectivity index (χ1) is 13.5. The third-order valence-corrected chi connectivity index (χ3v) is 6.68.